The summed E-state index contributed by atoms with van der Waals surface area (Å²) in [7, 11) is -2.70. The van der Waals surface area contributed by atoms with Crippen LogP contribution < -0.4 is 20.7 Å². The molecule has 0 aliphatic rings. The maximum atomic E-state index is 2.51. The molecule has 0 unspecified atom stereocenters. The molecule has 0 amide bonds. The van der Waals surface area contributed by atoms with E-state index in [1.807, 2.05) is 11.3 Å². The average molecular weight is 799 g/mol. The third kappa shape index (κ3) is 5.18. The van der Waals surface area contributed by atoms with Crippen LogP contribution in [0.15, 0.2) is 231 Å². The second-order valence-corrected chi connectivity index (χ2v) is 20.5. The molecule has 0 aliphatic heterocycles. The van der Waals surface area contributed by atoms with Gasteiger partial charge in [0.05, 0.1) is 16.6 Å². The number of aromatic nitrogens is 2. The number of thiophene rings is 1. The minimum Gasteiger partial charge on any atom is -0.309 e. The number of benzene rings is 9. The fourth-order valence-electron chi connectivity index (χ4n) is 9.95. The maximum Gasteiger partial charge on any atom is 0.179 e. The van der Waals surface area contributed by atoms with Crippen LogP contribution in [0.2, 0.25) is 0 Å². The van der Waals surface area contributed by atoms with E-state index in [0.717, 1.165) is 5.69 Å². The van der Waals surface area contributed by atoms with Gasteiger partial charge in [0.15, 0.2) is 8.07 Å². The molecule has 2 nitrogen and oxygen atoms in total. The molecule has 4 heteroatoms. The molecule has 0 fully saturated rings. The van der Waals surface area contributed by atoms with Crippen molar-refractivity contribution in [3.05, 3.63) is 231 Å². The second-order valence-electron chi connectivity index (χ2n) is 15.6. The van der Waals surface area contributed by atoms with Crippen LogP contribution in [-0.2, 0) is 0 Å². The molecule has 12 aromatic rings. The van der Waals surface area contributed by atoms with Crippen molar-refractivity contribution in [2.45, 2.75) is 0 Å². The normalized spacial score (nSPS) is 12.0. The maximum absolute atomic E-state index is 2.70. The molecule has 0 radical (unpaired) electrons. The number of para-hydroxylation sites is 3. The average Bonchev–Trinajstić information content (AvgIpc) is 3.98. The zero-order chi connectivity index (χ0) is 39.6. The number of fused-ring (bicyclic) bond motifs is 8. The molecule has 0 saturated heterocycles. The second kappa shape index (κ2) is 14.0. The van der Waals surface area contributed by atoms with Crippen LogP contribution in [0, 0.1) is 0 Å². The fraction of sp³-hybridized carbons (Fsp3) is 0. The van der Waals surface area contributed by atoms with Crippen molar-refractivity contribution in [2.24, 2.45) is 0 Å². The highest BCUT2D eigenvalue weighted by Crippen LogP contribution is 2.46. The highest BCUT2D eigenvalue weighted by Gasteiger charge is 2.41. The van der Waals surface area contributed by atoms with Gasteiger partial charge >= 0.3 is 0 Å². The topological polar surface area (TPSA) is 9.86 Å². The largest absolute Gasteiger partial charge is 0.309 e. The van der Waals surface area contributed by atoms with E-state index in [1.165, 1.54) is 90.6 Å². The Labute approximate surface area is 353 Å². The first kappa shape index (κ1) is 34.8. The minimum atomic E-state index is -2.70. The van der Waals surface area contributed by atoms with E-state index < -0.39 is 8.07 Å². The van der Waals surface area contributed by atoms with Crippen molar-refractivity contribution < 1.29 is 0 Å². The van der Waals surface area contributed by atoms with E-state index in [0.29, 0.717) is 0 Å². The van der Waals surface area contributed by atoms with Crippen molar-refractivity contribution in [3.63, 3.8) is 0 Å². The van der Waals surface area contributed by atoms with E-state index in [-0.39, 0.29) is 0 Å². The van der Waals surface area contributed by atoms with Gasteiger partial charge in [0.25, 0.3) is 0 Å². The summed E-state index contributed by atoms with van der Waals surface area (Å²) in [6, 6.07) is 85.4. The molecule has 282 valence electrons. The molecule has 12 rings (SSSR count). The zero-order valence-electron chi connectivity index (χ0n) is 32.7. The van der Waals surface area contributed by atoms with E-state index >= 15 is 0 Å². The third-order valence-electron chi connectivity index (χ3n) is 12.5. The molecule has 3 heterocycles. The summed E-state index contributed by atoms with van der Waals surface area (Å²) in [4.78, 5) is 1.28. The lowest BCUT2D eigenvalue weighted by molar-refractivity contribution is 1.18. The van der Waals surface area contributed by atoms with Gasteiger partial charge in [-0.05, 0) is 80.4 Å². The summed E-state index contributed by atoms with van der Waals surface area (Å²) in [5.74, 6) is 0. The van der Waals surface area contributed by atoms with E-state index in [1.54, 1.807) is 0 Å². The Bertz CT molecular complexity index is 3420. The fourth-order valence-corrected chi connectivity index (χ4v) is 16.0. The van der Waals surface area contributed by atoms with Crippen LogP contribution in [-0.4, -0.2) is 17.2 Å². The van der Waals surface area contributed by atoms with Gasteiger partial charge in [0.2, 0.25) is 0 Å². The molecule has 0 bridgehead atoms. The summed E-state index contributed by atoms with van der Waals surface area (Å²) in [5.41, 5.74) is 8.47. The van der Waals surface area contributed by atoms with Gasteiger partial charge in [-0.2, -0.15) is 0 Å². The standard InChI is InChI=1S/C56H38N2SSi/c1-5-18-40(19-6-1)58-51-30-16-14-27-48(51)55-54-46(28-17-31-53(54)59-56(55)58)39-32-34-41(35-33-39)57-50-29-15-13-26-47(50)49-38-45(36-37-52(49)57)60(42-20-7-2-8-21-42,43-22-9-3-10-23-43)44-24-11-4-12-25-44/h1-38H. The lowest BCUT2D eigenvalue weighted by atomic mass is 9.99. The Morgan fingerprint density at radius 2 is 0.850 bits per heavy atom. The van der Waals surface area contributed by atoms with Gasteiger partial charge in [-0.25, -0.2) is 0 Å². The summed E-state index contributed by atoms with van der Waals surface area (Å²) in [6.07, 6.45) is 0. The Morgan fingerprint density at radius 3 is 1.48 bits per heavy atom. The lowest BCUT2D eigenvalue weighted by Crippen LogP contribution is -2.74. The van der Waals surface area contributed by atoms with Gasteiger partial charge in [-0.15, -0.1) is 11.3 Å². The first-order valence-corrected chi connectivity index (χ1v) is 23.4. The monoisotopic (exact) mass is 798 g/mol. The van der Waals surface area contributed by atoms with Crippen molar-refractivity contribution in [1.82, 2.24) is 9.13 Å². The Hall–Kier alpha value is -7.24. The van der Waals surface area contributed by atoms with Crippen LogP contribution in [0.25, 0.3) is 75.5 Å². The van der Waals surface area contributed by atoms with Crippen LogP contribution >= 0.6 is 11.3 Å². The van der Waals surface area contributed by atoms with E-state index in [4.69, 9.17) is 0 Å². The number of rotatable bonds is 7. The summed E-state index contributed by atoms with van der Waals surface area (Å²) in [5, 5.41) is 12.0. The number of nitrogens with zero attached hydrogens (tertiary/aromatic N) is 2. The van der Waals surface area contributed by atoms with Gasteiger partial charge in [-0.3, -0.25) is 0 Å². The first-order chi connectivity index (χ1) is 29.8. The summed E-state index contributed by atoms with van der Waals surface area (Å²) < 4.78 is 6.18. The molecule has 0 atom stereocenters. The minimum absolute atomic E-state index is 1.15. The summed E-state index contributed by atoms with van der Waals surface area (Å²) >= 11 is 1.88. The van der Waals surface area contributed by atoms with Crippen LogP contribution in [0.5, 0.6) is 0 Å². The van der Waals surface area contributed by atoms with Gasteiger partial charge < -0.3 is 9.13 Å². The predicted molar refractivity (Wildman–Crippen MR) is 260 cm³/mol. The number of hydrogen-bond donors (Lipinski definition) is 0. The Balaban J connectivity index is 1.04. The Kier molecular flexibility index (Phi) is 8.08. The van der Waals surface area contributed by atoms with Crippen LogP contribution in [0.4, 0.5) is 0 Å². The van der Waals surface area contributed by atoms with Crippen molar-refractivity contribution >= 4 is 93.2 Å². The molecule has 0 N–H and O–H groups in total. The molecule has 3 aromatic heterocycles. The van der Waals surface area contributed by atoms with Crippen molar-refractivity contribution in [1.29, 1.82) is 0 Å². The smallest absolute Gasteiger partial charge is 0.179 e. The van der Waals surface area contributed by atoms with Crippen molar-refractivity contribution in [2.75, 3.05) is 0 Å². The number of hydrogen-bond acceptors (Lipinski definition) is 1. The zero-order valence-corrected chi connectivity index (χ0v) is 34.6. The SMILES string of the molecule is c1ccc(-n2c3ccccc3c3c4c(-c5ccc(-n6c7ccccc7c7cc([Si](c8ccccc8)(c8ccccc8)c8ccccc8)ccc76)cc5)cccc4sc32)cc1. The first-order valence-electron chi connectivity index (χ1n) is 20.6. The molecule has 0 saturated carbocycles. The molecular weight excluding hydrogens is 761 g/mol. The molecular formula is C56H38N2SSi. The van der Waals surface area contributed by atoms with E-state index in [2.05, 4.69) is 240 Å². The third-order valence-corrected chi connectivity index (χ3v) is 18.4. The molecule has 9 aromatic carbocycles. The predicted octanol–water partition coefficient (Wildman–Crippen LogP) is 12.1. The molecule has 0 spiro atoms. The summed E-state index contributed by atoms with van der Waals surface area (Å²) in [6.45, 7) is 0. The Morgan fingerprint density at radius 1 is 0.333 bits per heavy atom. The van der Waals surface area contributed by atoms with Gasteiger partial charge in [-0.1, -0.05) is 182 Å². The van der Waals surface area contributed by atoms with E-state index in [9.17, 15) is 0 Å². The molecule has 60 heavy (non-hydrogen) atoms. The van der Waals surface area contributed by atoms with Crippen molar-refractivity contribution in [3.8, 4) is 22.5 Å². The highest BCUT2D eigenvalue weighted by atomic mass is 32.1. The van der Waals surface area contributed by atoms with Crippen LogP contribution in [0.1, 0.15) is 0 Å². The quantitative estimate of drug-likeness (QED) is 0.112. The molecule has 0 aliphatic carbocycles. The highest BCUT2D eigenvalue weighted by molar-refractivity contribution is 7.26. The lowest BCUT2D eigenvalue weighted by Gasteiger charge is -2.34. The van der Waals surface area contributed by atoms with Gasteiger partial charge in [0, 0.05) is 43.0 Å². The van der Waals surface area contributed by atoms with Crippen LogP contribution in [0.3, 0.4) is 0 Å². The van der Waals surface area contributed by atoms with Gasteiger partial charge in [0.1, 0.15) is 4.83 Å².